The molecule has 5 atom stereocenters. The fourth-order valence-corrected chi connectivity index (χ4v) is 5.48. The molecule has 112 valence electrons. The number of rotatable bonds is 2. The van der Waals surface area contributed by atoms with Gasteiger partial charge in [-0.2, -0.15) is 0 Å². The SMILES string of the molecule is O=C(NC1CCC2CCC3CCCC1C32)c1ccccc1. The fraction of sp³-hybridized carbons (Fsp3) is 0.632. The third-order valence-corrected chi connectivity index (χ3v) is 6.32. The van der Waals surface area contributed by atoms with Gasteiger partial charge in [0.2, 0.25) is 0 Å². The van der Waals surface area contributed by atoms with Crippen molar-refractivity contribution in [1.29, 1.82) is 0 Å². The van der Waals surface area contributed by atoms with Crippen molar-refractivity contribution in [3.63, 3.8) is 0 Å². The average Bonchev–Trinajstić information content (AvgIpc) is 2.96. The van der Waals surface area contributed by atoms with Crippen molar-refractivity contribution in [2.24, 2.45) is 23.7 Å². The molecule has 2 heteroatoms. The Morgan fingerprint density at radius 3 is 2.43 bits per heavy atom. The molecule has 2 nitrogen and oxygen atoms in total. The smallest absolute Gasteiger partial charge is 0.251 e. The molecule has 1 aromatic carbocycles. The predicted octanol–water partition coefficient (Wildman–Crippen LogP) is 4.02. The standard InChI is InChI=1S/C19H25NO/c21-19(15-5-2-1-3-6-15)20-17-12-11-14-10-9-13-7-4-8-16(17)18(13)14/h1-3,5-6,13-14,16-18H,4,7-12H2,(H,20,21). The Hall–Kier alpha value is -1.31. The Kier molecular flexibility index (Phi) is 3.48. The lowest BCUT2D eigenvalue weighted by Gasteiger charge is -2.45. The van der Waals surface area contributed by atoms with Crippen molar-refractivity contribution in [1.82, 2.24) is 5.32 Å². The van der Waals surface area contributed by atoms with E-state index in [-0.39, 0.29) is 5.91 Å². The first-order valence-corrected chi connectivity index (χ1v) is 8.69. The molecule has 1 aromatic rings. The number of hydrogen-bond acceptors (Lipinski definition) is 1. The Labute approximate surface area is 127 Å². The molecule has 5 unspecified atom stereocenters. The molecule has 3 fully saturated rings. The highest BCUT2D eigenvalue weighted by Gasteiger charge is 2.48. The quantitative estimate of drug-likeness (QED) is 0.872. The van der Waals surface area contributed by atoms with Crippen LogP contribution in [-0.2, 0) is 0 Å². The van der Waals surface area contributed by atoms with Crippen LogP contribution in [0.3, 0.4) is 0 Å². The molecule has 4 rings (SSSR count). The van der Waals surface area contributed by atoms with E-state index >= 15 is 0 Å². The molecule has 0 heterocycles. The van der Waals surface area contributed by atoms with Gasteiger partial charge in [0.25, 0.3) is 5.91 Å². The summed E-state index contributed by atoms with van der Waals surface area (Å²) in [6.07, 6.45) is 9.57. The van der Waals surface area contributed by atoms with Crippen LogP contribution in [0, 0.1) is 23.7 Å². The molecule has 3 saturated carbocycles. The van der Waals surface area contributed by atoms with Crippen molar-refractivity contribution in [3.8, 4) is 0 Å². The topological polar surface area (TPSA) is 29.1 Å². The summed E-state index contributed by atoms with van der Waals surface area (Å²) in [4.78, 5) is 12.5. The lowest BCUT2D eigenvalue weighted by atomic mass is 9.63. The lowest BCUT2D eigenvalue weighted by Crippen LogP contribution is -2.49. The number of carbonyl (C=O) groups is 1. The van der Waals surface area contributed by atoms with Crippen molar-refractivity contribution in [2.75, 3.05) is 0 Å². The summed E-state index contributed by atoms with van der Waals surface area (Å²) in [6, 6.07) is 10.1. The Morgan fingerprint density at radius 2 is 1.62 bits per heavy atom. The van der Waals surface area contributed by atoms with Crippen LogP contribution in [0.2, 0.25) is 0 Å². The van der Waals surface area contributed by atoms with Gasteiger partial charge in [-0.05, 0) is 67.9 Å². The van der Waals surface area contributed by atoms with Crippen molar-refractivity contribution < 1.29 is 4.79 Å². The van der Waals surface area contributed by atoms with Crippen molar-refractivity contribution >= 4 is 5.91 Å². The second-order valence-electron chi connectivity index (χ2n) is 7.29. The molecule has 1 N–H and O–H groups in total. The Bertz CT molecular complexity index is 506. The third kappa shape index (κ3) is 2.39. The first-order valence-electron chi connectivity index (χ1n) is 8.69. The number of nitrogens with one attached hydrogen (secondary N) is 1. The van der Waals surface area contributed by atoms with E-state index in [9.17, 15) is 4.79 Å². The minimum Gasteiger partial charge on any atom is -0.349 e. The van der Waals surface area contributed by atoms with E-state index in [4.69, 9.17) is 0 Å². The van der Waals surface area contributed by atoms with Gasteiger partial charge < -0.3 is 5.32 Å². The highest BCUT2D eigenvalue weighted by Crippen LogP contribution is 2.54. The van der Waals surface area contributed by atoms with Crippen molar-refractivity contribution in [3.05, 3.63) is 35.9 Å². The largest absolute Gasteiger partial charge is 0.349 e. The van der Waals surface area contributed by atoms with Crippen LogP contribution >= 0.6 is 0 Å². The van der Waals surface area contributed by atoms with Gasteiger partial charge in [-0.15, -0.1) is 0 Å². The second kappa shape index (κ2) is 5.47. The molecule has 21 heavy (non-hydrogen) atoms. The first-order chi connectivity index (χ1) is 10.3. The van der Waals surface area contributed by atoms with Gasteiger partial charge in [-0.3, -0.25) is 4.79 Å². The van der Waals surface area contributed by atoms with Gasteiger partial charge in [0.05, 0.1) is 0 Å². The zero-order valence-electron chi connectivity index (χ0n) is 12.6. The third-order valence-electron chi connectivity index (χ3n) is 6.32. The Balaban J connectivity index is 1.49. The van der Waals surface area contributed by atoms with Gasteiger partial charge in [-0.1, -0.05) is 31.0 Å². The van der Waals surface area contributed by atoms with Crippen LogP contribution in [0.5, 0.6) is 0 Å². The van der Waals surface area contributed by atoms with E-state index in [1.165, 1.54) is 44.9 Å². The summed E-state index contributed by atoms with van der Waals surface area (Å²) in [5.41, 5.74) is 0.804. The molecular formula is C19H25NO. The molecular weight excluding hydrogens is 258 g/mol. The molecule has 3 aliphatic carbocycles. The van der Waals surface area contributed by atoms with Crippen LogP contribution in [0.1, 0.15) is 55.3 Å². The summed E-state index contributed by atoms with van der Waals surface area (Å²) >= 11 is 0. The zero-order valence-corrected chi connectivity index (χ0v) is 12.6. The van der Waals surface area contributed by atoms with Gasteiger partial charge in [0.1, 0.15) is 0 Å². The summed E-state index contributed by atoms with van der Waals surface area (Å²) in [5, 5.41) is 3.36. The summed E-state index contributed by atoms with van der Waals surface area (Å²) in [6.45, 7) is 0. The van der Waals surface area contributed by atoms with Crippen LogP contribution in [0.15, 0.2) is 30.3 Å². The van der Waals surface area contributed by atoms with E-state index < -0.39 is 0 Å². The van der Waals surface area contributed by atoms with E-state index in [2.05, 4.69) is 5.32 Å². The van der Waals surface area contributed by atoms with Crippen LogP contribution in [0.25, 0.3) is 0 Å². The highest BCUT2D eigenvalue weighted by molar-refractivity contribution is 5.94. The number of amides is 1. The Morgan fingerprint density at radius 1 is 0.905 bits per heavy atom. The maximum atomic E-state index is 12.5. The normalized spacial score (nSPS) is 37.8. The first kappa shape index (κ1) is 13.4. The molecule has 0 bridgehead atoms. The fourth-order valence-electron chi connectivity index (χ4n) is 5.48. The van der Waals surface area contributed by atoms with Gasteiger partial charge in [0.15, 0.2) is 0 Å². The molecule has 3 aliphatic rings. The minimum atomic E-state index is 0.124. The molecule has 0 aromatic heterocycles. The van der Waals surface area contributed by atoms with E-state index in [0.717, 1.165) is 29.2 Å². The minimum absolute atomic E-state index is 0.124. The molecule has 1 amide bonds. The second-order valence-corrected chi connectivity index (χ2v) is 7.29. The highest BCUT2D eigenvalue weighted by atomic mass is 16.1. The maximum absolute atomic E-state index is 12.5. The maximum Gasteiger partial charge on any atom is 0.251 e. The molecule has 0 spiro atoms. The lowest BCUT2D eigenvalue weighted by molar-refractivity contribution is 0.0561. The van der Waals surface area contributed by atoms with E-state index in [0.29, 0.717) is 6.04 Å². The van der Waals surface area contributed by atoms with Crippen LogP contribution in [-0.4, -0.2) is 11.9 Å². The molecule has 0 aliphatic heterocycles. The van der Waals surface area contributed by atoms with Gasteiger partial charge >= 0.3 is 0 Å². The van der Waals surface area contributed by atoms with Gasteiger partial charge in [0, 0.05) is 11.6 Å². The monoisotopic (exact) mass is 283 g/mol. The predicted molar refractivity (Wildman–Crippen MR) is 84.0 cm³/mol. The van der Waals surface area contributed by atoms with Gasteiger partial charge in [-0.25, -0.2) is 0 Å². The van der Waals surface area contributed by atoms with E-state index in [1.807, 2.05) is 30.3 Å². The zero-order chi connectivity index (χ0) is 14.2. The number of hydrogen-bond donors (Lipinski definition) is 1. The summed E-state index contributed by atoms with van der Waals surface area (Å²) in [7, 11) is 0. The summed E-state index contributed by atoms with van der Waals surface area (Å²) < 4.78 is 0. The number of carbonyl (C=O) groups excluding carboxylic acids is 1. The van der Waals surface area contributed by atoms with Crippen LogP contribution < -0.4 is 5.32 Å². The average molecular weight is 283 g/mol. The van der Waals surface area contributed by atoms with Crippen molar-refractivity contribution in [2.45, 2.75) is 51.0 Å². The number of benzene rings is 1. The summed E-state index contributed by atoms with van der Waals surface area (Å²) in [5.74, 6) is 3.71. The molecule has 0 saturated heterocycles. The molecule has 0 radical (unpaired) electrons. The van der Waals surface area contributed by atoms with E-state index in [1.54, 1.807) is 0 Å². The van der Waals surface area contributed by atoms with Crippen LogP contribution in [0.4, 0.5) is 0 Å².